The standard InChI is InChI=1S/C14H17ClN2O2/c15-12-6-2-1-5-11(12)9-16-13(18)10-17-8-4-3-7-14(17)19/h1-2,5-6H,3-4,7-10H2,(H,16,18). The Bertz CT molecular complexity index is 476. The van der Waals surface area contributed by atoms with Crippen molar-refractivity contribution in [3.63, 3.8) is 0 Å². The van der Waals surface area contributed by atoms with Crippen molar-refractivity contribution < 1.29 is 9.59 Å². The number of benzene rings is 1. The Balaban J connectivity index is 1.81. The van der Waals surface area contributed by atoms with E-state index in [0.29, 0.717) is 24.5 Å². The highest BCUT2D eigenvalue weighted by Gasteiger charge is 2.20. The SMILES string of the molecule is O=C(CN1CCCCC1=O)NCc1ccccc1Cl. The van der Waals surface area contributed by atoms with Gasteiger partial charge in [0.05, 0.1) is 6.54 Å². The summed E-state index contributed by atoms with van der Waals surface area (Å²) in [5.41, 5.74) is 0.877. The number of likely N-dealkylation sites (tertiary alicyclic amines) is 1. The third kappa shape index (κ3) is 3.96. The molecular formula is C14H17ClN2O2. The summed E-state index contributed by atoms with van der Waals surface area (Å²) in [5, 5.41) is 3.43. The zero-order valence-electron chi connectivity index (χ0n) is 10.7. The van der Waals surface area contributed by atoms with Gasteiger partial charge >= 0.3 is 0 Å². The predicted molar refractivity (Wildman–Crippen MR) is 73.7 cm³/mol. The number of rotatable bonds is 4. The molecule has 2 rings (SSSR count). The number of hydrogen-bond acceptors (Lipinski definition) is 2. The largest absolute Gasteiger partial charge is 0.350 e. The monoisotopic (exact) mass is 280 g/mol. The minimum atomic E-state index is -0.143. The second-order valence-electron chi connectivity index (χ2n) is 4.64. The maximum atomic E-state index is 11.8. The minimum Gasteiger partial charge on any atom is -0.350 e. The van der Waals surface area contributed by atoms with Gasteiger partial charge in [-0.05, 0) is 24.5 Å². The van der Waals surface area contributed by atoms with Gasteiger partial charge in [-0.15, -0.1) is 0 Å². The van der Waals surface area contributed by atoms with E-state index in [1.54, 1.807) is 11.0 Å². The van der Waals surface area contributed by atoms with Gasteiger partial charge in [-0.2, -0.15) is 0 Å². The fraction of sp³-hybridized carbons (Fsp3) is 0.429. The Kier molecular flexibility index (Phi) is 4.80. The molecule has 1 aromatic carbocycles. The molecule has 0 aliphatic carbocycles. The van der Waals surface area contributed by atoms with Crippen molar-refractivity contribution >= 4 is 23.4 Å². The molecule has 0 saturated carbocycles. The van der Waals surface area contributed by atoms with Crippen molar-refractivity contribution in [1.29, 1.82) is 0 Å². The van der Waals surface area contributed by atoms with E-state index in [4.69, 9.17) is 11.6 Å². The van der Waals surface area contributed by atoms with E-state index in [1.807, 2.05) is 18.2 Å². The highest BCUT2D eigenvalue weighted by Crippen LogP contribution is 2.14. The molecule has 0 atom stereocenters. The quantitative estimate of drug-likeness (QED) is 0.917. The molecule has 19 heavy (non-hydrogen) atoms. The van der Waals surface area contributed by atoms with Crippen LogP contribution in [0.1, 0.15) is 24.8 Å². The normalized spacial score (nSPS) is 15.4. The number of nitrogens with one attached hydrogen (secondary N) is 1. The second kappa shape index (κ2) is 6.57. The fourth-order valence-corrected chi connectivity index (χ4v) is 2.30. The molecular weight excluding hydrogens is 264 g/mol. The van der Waals surface area contributed by atoms with Gasteiger partial charge < -0.3 is 10.2 Å². The Hall–Kier alpha value is -1.55. The van der Waals surface area contributed by atoms with Gasteiger partial charge in [0.2, 0.25) is 11.8 Å². The second-order valence-corrected chi connectivity index (χ2v) is 5.05. The first-order valence-corrected chi connectivity index (χ1v) is 6.82. The van der Waals surface area contributed by atoms with E-state index in [9.17, 15) is 9.59 Å². The Morgan fingerprint density at radius 3 is 2.84 bits per heavy atom. The molecule has 1 aliphatic heterocycles. The first-order valence-electron chi connectivity index (χ1n) is 6.44. The lowest BCUT2D eigenvalue weighted by Gasteiger charge is -2.26. The smallest absolute Gasteiger partial charge is 0.239 e. The molecule has 0 bridgehead atoms. The molecule has 5 heteroatoms. The van der Waals surface area contributed by atoms with Crippen LogP contribution in [-0.2, 0) is 16.1 Å². The van der Waals surface area contributed by atoms with Crippen LogP contribution in [-0.4, -0.2) is 29.8 Å². The van der Waals surface area contributed by atoms with Crippen LogP contribution < -0.4 is 5.32 Å². The molecule has 1 saturated heterocycles. The van der Waals surface area contributed by atoms with Crippen molar-refractivity contribution in [3.05, 3.63) is 34.9 Å². The molecule has 4 nitrogen and oxygen atoms in total. The molecule has 0 radical (unpaired) electrons. The highest BCUT2D eigenvalue weighted by molar-refractivity contribution is 6.31. The van der Waals surface area contributed by atoms with Gasteiger partial charge in [-0.25, -0.2) is 0 Å². The Morgan fingerprint density at radius 2 is 2.11 bits per heavy atom. The summed E-state index contributed by atoms with van der Waals surface area (Å²) in [7, 11) is 0. The van der Waals surface area contributed by atoms with Crippen LogP contribution in [0.25, 0.3) is 0 Å². The molecule has 1 fully saturated rings. The summed E-state index contributed by atoms with van der Waals surface area (Å²) >= 11 is 6.01. The average Bonchev–Trinajstić information content (AvgIpc) is 2.40. The number of halogens is 1. The first-order chi connectivity index (χ1) is 9.16. The number of carbonyl (C=O) groups is 2. The summed E-state index contributed by atoms with van der Waals surface area (Å²) in [6.45, 7) is 1.21. The van der Waals surface area contributed by atoms with Crippen molar-refractivity contribution in [3.8, 4) is 0 Å². The van der Waals surface area contributed by atoms with Crippen LogP contribution in [0.3, 0.4) is 0 Å². The zero-order chi connectivity index (χ0) is 13.7. The average molecular weight is 281 g/mol. The molecule has 2 amide bonds. The lowest BCUT2D eigenvalue weighted by Crippen LogP contribution is -2.42. The molecule has 1 aromatic rings. The molecule has 1 N–H and O–H groups in total. The number of amides is 2. The summed E-state index contributed by atoms with van der Waals surface area (Å²) < 4.78 is 0. The van der Waals surface area contributed by atoms with Gasteiger partial charge in [-0.3, -0.25) is 9.59 Å². The summed E-state index contributed by atoms with van der Waals surface area (Å²) in [6, 6.07) is 7.38. The van der Waals surface area contributed by atoms with Gasteiger partial charge in [0.15, 0.2) is 0 Å². The Morgan fingerprint density at radius 1 is 1.32 bits per heavy atom. The minimum absolute atomic E-state index is 0.0687. The fourth-order valence-electron chi connectivity index (χ4n) is 2.09. The van der Waals surface area contributed by atoms with Crippen LogP contribution in [0.4, 0.5) is 0 Å². The lowest BCUT2D eigenvalue weighted by atomic mass is 10.1. The zero-order valence-corrected chi connectivity index (χ0v) is 11.4. The molecule has 0 spiro atoms. The van der Waals surface area contributed by atoms with Crippen molar-refractivity contribution in [1.82, 2.24) is 10.2 Å². The topological polar surface area (TPSA) is 49.4 Å². The van der Waals surface area contributed by atoms with Crippen molar-refractivity contribution in [2.45, 2.75) is 25.8 Å². The van der Waals surface area contributed by atoms with Crippen LogP contribution in [0.5, 0.6) is 0 Å². The molecule has 0 unspecified atom stereocenters. The third-order valence-corrected chi connectivity index (χ3v) is 3.56. The summed E-state index contributed by atoms with van der Waals surface area (Å²) in [4.78, 5) is 25.0. The maximum absolute atomic E-state index is 11.8. The third-order valence-electron chi connectivity index (χ3n) is 3.19. The molecule has 1 heterocycles. The van der Waals surface area contributed by atoms with Gasteiger partial charge in [-0.1, -0.05) is 29.8 Å². The van der Waals surface area contributed by atoms with Crippen molar-refractivity contribution in [2.75, 3.05) is 13.1 Å². The van der Waals surface area contributed by atoms with Crippen LogP contribution in [0, 0.1) is 0 Å². The van der Waals surface area contributed by atoms with Crippen LogP contribution in [0.2, 0.25) is 5.02 Å². The summed E-state index contributed by atoms with van der Waals surface area (Å²) in [5.74, 6) is -0.0747. The van der Waals surface area contributed by atoms with Crippen LogP contribution in [0.15, 0.2) is 24.3 Å². The van der Waals surface area contributed by atoms with E-state index in [1.165, 1.54) is 0 Å². The van der Waals surface area contributed by atoms with Gasteiger partial charge in [0, 0.05) is 24.5 Å². The number of piperidine rings is 1. The molecule has 1 aliphatic rings. The van der Waals surface area contributed by atoms with Gasteiger partial charge in [0.25, 0.3) is 0 Å². The summed E-state index contributed by atoms with van der Waals surface area (Å²) in [6.07, 6.45) is 2.46. The lowest BCUT2D eigenvalue weighted by molar-refractivity contribution is -0.137. The number of nitrogens with zero attached hydrogens (tertiary/aromatic N) is 1. The Labute approximate surface area is 117 Å². The van der Waals surface area contributed by atoms with E-state index in [-0.39, 0.29) is 18.4 Å². The van der Waals surface area contributed by atoms with E-state index < -0.39 is 0 Å². The van der Waals surface area contributed by atoms with Gasteiger partial charge in [0.1, 0.15) is 0 Å². The van der Waals surface area contributed by atoms with Crippen LogP contribution >= 0.6 is 11.6 Å². The maximum Gasteiger partial charge on any atom is 0.239 e. The van der Waals surface area contributed by atoms with E-state index >= 15 is 0 Å². The first kappa shape index (κ1) is 13.9. The number of carbonyl (C=O) groups excluding carboxylic acids is 2. The van der Waals surface area contributed by atoms with E-state index in [0.717, 1.165) is 18.4 Å². The molecule has 0 aromatic heterocycles. The molecule has 102 valence electrons. The van der Waals surface area contributed by atoms with Crippen molar-refractivity contribution in [2.24, 2.45) is 0 Å². The number of hydrogen-bond donors (Lipinski definition) is 1. The predicted octanol–water partition coefficient (Wildman–Crippen LogP) is 1.97. The highest BCUT2D eigenvalue weighted by atomic mass is 35.5. The van der Waals surface area contributed by atoms with E-state index in [2.05, 4.69) is 5.32 Å².